The average molecular weight is 880 g/mol. The number of halogens is 6. The van der Waals surface area contributed by atoms with Crippen molar-refractivity contribution in [2.75, 3.05) is 32.8 Å². The van der Waals surface area contributed by atoms with Crippen LogP contribution in [0.5, 0.6) is 0 Å². The molecule has 0 saturated heterocycles. The van der Waals surface area contributed by atoms with Gasteiger partial charge in [-0.25, -0.2) is 21.6 Å². The molecule has 0 heterocycles. The van der Waals surface area contributed by atoms with Gasteiger partial charge >= 0.3 is 17.1 Å². The Morgan fingerprint density at radius 3 is 1.41 bits per heavy atom. The van der Waals surface area contributed by atoms with E-state index in [-0.39, 0.29) is 6.09 Å². The van der Waals surface area contributed by atoms with Crippen molar-refractivity contribution in [3.05, 3.63) is 46.1 Å². The number of hydrogen-bond acceptors (Lipinski definition) is 6. The fourth-order valence-electron chi connectivity index (χ4n) is 6.44. The molecule has 1 aromatic carbocycles. The topological polar surface area (TPSA) is 121 Å². The van der Waals surface area contributed by atoms with Crippen molar-refractivity contribution in [1.82, 2.24) is 5.32 Å². The van der Waals surface area contributed by atoms with E-state index in [1.807, 2.05) is 26.8 Å². The van der Waals surface area contributed by atoms with E-state index in [9.17, 15) is 48.0 Å². The average Bonchev–Trinajstić information content (AvgIpc) is 3.11. The van der Waals surface area contributed by atoms with Crippen molar-refractivity contribution in [3.63, 3.8) is 0 Å². The Bertz CT molecular complexity index is 1450. The predicted octanol–water partition coefficient (Wildman–Crippen LogP) is 12.6. The Kier molecular flexibility index (Phi) is 26.3. The van der Waals surface area contributed by atoms with Crippen LogP contribution >= 0.6 is 0 Å². The third-order valence-corrected chi connectivity index (χ3v) is 12.8. The zero-order valence-electron chi connectivity index (χ0n) is 35.7. The lowest BCUT2D eigenvalue weighted by Crippen LogP contribution is -2.52. The largest absolute Gasteiger partial charge is 0.480 e. The Hall–Kier alpha value is -2.37. The number of sulfonamides is 2. The molecular weight excluding hydrogens is 809 g/mol. The van der Waals surface area contributed by atoms with E-state index in [1.165, 1.54) is 135 Å². The number of carbonyl (C=O) groups is 1. The number of unbranched alkanes of at least 4 members (excludes halogenated alkanes) is 15. The zero-order chi connectivity index (χ0) is 44.5. The highest BCUT2D eigenvalue weighted by molar-refractivity contribution is 8.13. The summed E-state index contributed by atoms with van der Waals surface area (Å²) in [5.74, 6) is 0. The van der Waals surface area contributed by atoms with Gasteiger partial charge in [-0.15, -0.1) is 0 Å². The van der Waals surface area contributed by atoms with Crippen molar-refractivity contribution in [3.8, 4) is 0 Å². The number of benzene rings is 1. The maximum absolute atomic E-state index is 13.1. The van der Waals surface area contributed by atoms with Gasteiger partial charge in [0, 0.05) is 0 Å². The summed E-state index contributed by atoms with van der Waals surface area (Å²) in [4.78, 5) is 13.1. The van der Waals surface area contributed by atoms with Crippen molar-refractivity contribution < 1.29 is 57.2 Å². The van der Waals surface area contributed by atoms with Gasteiger partial charge in [0.2, 0.25) is 0 Å². The smallest absolute Gasteiger partial charge is 0.444 e. The zero-order valence-corrected chi connectivity index (χ0v) is 37.3. The third-order valence-electron chi connectivity index (χ3n) is 10.0. The quantitative estimate of drug-likeness (QED) is 0.0486. The number of allylic oxidation sites excluding steroid dienone is 1. The van der Waals surface area contributed by atoms with Crippen LogP contribution in [0, 0.1) is 0 Å². The molecule has 58 heavy (non-hydrogen) atoms. The summed E-state index contributed by atoms with van der Waals surface area (Å²) in [6, 6.07) is 8.28. The van der Waals surface area contributed by atoms with Crippen LogP contribution in [0.25, 0.3) is 9.70 Å². The second-order valence-electron chi connectivity index (χ2n) is 15.7. The maximum atomic E-state index is 13.1. The molecule has 0 radical (unpaired) electrons. The first-order chi connectivity index (χ1) is 26.9. The number of amides is 1. The molecule has 0 aliphatic carbocycles. The monoisotopic (exact) mass is 879 g/mol. The SMILES string of the molecule is C=C(C)c1cccc(C(C)(C)NC(=O)OCC[N+](CCCCCCCC)(CCCCCCCC)CCCCCCCC)c1.O=S(=O)([N-]S(=O)(=O)C(F)(F)F)C(F)(F)F. The molecule has 9 nitrogen and oxygen atoms in total. The molecule has 17 heteroatoms. The molecule has 0 saturated carbocycles. The standard InChI is InChI=1S/C39H70N2O2.C2F6NO4S2/c1-8-11-14-17-20-23-29-41(30-24-21-18-15-12-9-2,31-25-22-19-16-13-10-3)32-33-43-38(42)40-39(6,7)37-28-26-27-36(34-37)35(4)5;3-1(4,5)14(10,11)9-15(12,13)2(6,7)8/h26-28,34H,4,8-25,29-33H2,1-3,5-7H3;/q;-1/p+1. The summed E-state index contributed by atoms with van der Waals surface area (Å²) in [7, 11) is -13.4. The van der Waals surface area contributed by atoms with Gasteiger partial charge in [-0.1, -0.05) is 128 Å². The highest BCUT2D eigenvalue weighted by atomic mass is 32.3. The number of hydrogen-bond donors (Lipinski definition) is 1. The molecule has 0 unspecified atom stereocenters. The lowest BCUT2D eigenvalue weighted by molar-refractivity contribution is -0.929. The molecule has 1 aromatic rings. The van der Waals surface area contributed by atoms with Gasteiger partial charge in [-0.3, -0.25) is 0 Å². The molecule has 0 aromatic heterocycles. The number of nitrogens with one attached hydrogen (secondary N) is 1. The number of alkyl carbamates (subject to hydrolysis) is 1. The minimum absolute atomic E-state index is 0.317. The number of quaternary nitrogens is 1. The van der Waals surface area contributed by atoms with Crippen LogP contribution in [-0.2, 0) is 30.3 Å². The second kappa shape index (κ2) is 27.5. The van der Waals surface area contributed by atoms with Crippen molar-refractivity contribution in [1.29, 1.82) is 0 Å². The minimum Gasteiger partial charge on any atom is -0.444 e. The number of carbonyl (C=O) groups excluding carboxylic acids is 1. The normalized spacial score (nSPS) is 12.8. The minimum atomic E-state index is -6.72. The van der Waals surface area contributed by atoms with Gasteiger partial charge < -0.3 is 18.7 Å². The predicted molar refractivity (Wildman–Crippen MR) is 222 cm³/mol. The van der Waals surface area contributed by atoms with E-state index in [2.05, 4.69) is 50.9 Å². The van der Waals surface area contributed by atoms with Crippen LogP contribution in [0.3, 0.4) is 0 Å². The van der Waals surface area contributed by atoms with Crippen LogP contribution in [-0.4, -0.2) is 71.2 Å². The van der Waals surface area contributed by atoms with Gasteiger partial charge in [0.1, 0.15) is 13.2 Å². The van der Waals surface area contributed by atoms with Crippen LogP contribution in [0.15, 0.2) is 30.8 Å². The first-order valence-corrected chi connectivity index (χ1v) is 23.7. The van der Waals surface area contributed by atoms with E-state index in [1.54, 1.807) is 0 Å². The summed E-state index contributed by atoms with van der Waals surface area (Å²) >= 11 is 0. The fourth-order valence-corrected chi connectivity index (χ4v) is 8.15. The lowest BCUT2D eigenvalue weighted by atomic mass is 9.92. The van der Waals surface area contributed by atoms with Gasteiger partial charge in [-0.05, 0) is 76.5 Å². The van der Waals surface area contributed by atoms with Crippen LogP contribution in [0.2, 0.25) is 0 Å². The molecule has 0 aliphatic heterocycles. The summed E-state index contributed by atoms with van der Waals surface area (Å²) < 4.78 is 116. The molecule has 0 bridgehead atoms. The van der Waals surface area contributed by atoms with Gasteiger partial charge in [0.25, 0.3) is 0 Å². The lowest BCUT2D eigenvalue weighted by Gasteiger charge is -2.39. The summed E-state index contributed by atoms with van der Waals surface area (Å²) in [6.45, 7) is 22.1. The van der Waals surface area contributed by atoms with Gasteiger partial charge in [-0.2, -0.15) is 26.3 Å². The Balaban J connectivity index is 0.00000182. The summed E-state index contributed by atoms with van der Waals surface area (Å²) in [5, 5.41) is 3.14. The number of rotatable bonds is 29. The molecule has 0 fully saturated rings. The van der Waals surface area contributed by atoms with E-state index in [4.69, 9.17) is 4.74 Å². The van der Waals surface area contributed by atoms with Crippen LogP contribution < -0.4 is 5.32 Å². The van der Waals surface area contributed by atoms with Crippen LogP contribution in [0.4, 0.5) is 31.1 Å². The summed E-state index contributed by atoms with van der Waals surface area (Å²) in [5.41, 5.74) is -9.75. The Morgan fingerprint density at radius 1 is 0.672 bits per heavy atom. The number of alkyl halides is 6. The van der Waals surface area contributed by atoms with Crippen molar-refractivity contribution in [2.24, 2.45) is 0 Å². The molecule has 0 aliphatic rings. The molecule has 1 amide bonds. The number of nitrogens with zero attached hydrogens (tertiary/aromatic N) is 2. The molecule has 1 rings (SSSR count). The van der Waals surface area contributed by atoms with E-state index in [0.717, 1.165) is 31.9 Å². The highest BCUT2D eigenvalue weighted by Gasteiger charge is 2.47. The van der Waals surface area contributed by atoms with Gasteiger partial charge in [0.05, 0.1) is 25.2 Å². The molecule has 0 spiro atoms. The summed E-state index contributed by atoms with van der Waals surface area (Å²) in [6.07, 6.45) is 23.6. The Labute approximate surface area is 345 Å². The maximum Gasteiger partial charge on any atom is 0.480 e. The Morgan fingerprint density at radius 2 is 1.05 bits per heavy atom. The molecule has 1 N–H and O–H groups in total. The van der Waals surface area contributed by atoms with Crippen LogP contribution in [0.1, 0.15) is 168 Å². The first-order valence-electron chi connectivity index (χ1n) is 20.8. The molecular formula is C41H71F6N3O6S2. The van der Waals surface area contributed by atoms with Crippen molar-refractivity contribution >= 4 is 31.7 Å². The number of ether oxygens (including phenoxy) is 1. The third kappa shape index (κ3) is 22.8. The highest BCUT2D eigenvalue weighted by Crippen LogP contribution is 2.36. The van der Waals surface area contributed by atoms with E-state index >= 15 is 0 Å². The van der Waals surface area contributed by atoms with Gasteiger partial charge in [0.15, 0.2) is 20.0 Å². The van der Waals surface area contributed by atoms with E-state index < -0.39 is 36.6 Å². The second-order valence-corrected chi connectivity index (χ2v) is 19.1. The first kappa shape index (κ1) is 55.6. The molecule has 340 valence electrons. The van der Waals surface area contributed by atoms with Crippen molar-refractivity contribution in [2.45, 2.75) is 174 Å². The van der Waals surface area contributed by atoms with E-state index in [0.29, 0.717) is 6.61 Å². The molecule has 0 atom stereocenters. The fraction of sp³-hybridized carbons (Fsp3) is 0.780.